The van der Waals surface area contributed by atoms with E-state index >= 15 is 0 Å². The van der Waals surface area contributed by atoms with Gasteiger partial charge in [-0.25, -0.2) is 4.79 Å². The van der Waals surface area contributed by atoms with Crippen LogP contribution in [0.25, 0.3) is 11.1 Å². The zero-order valence-electron chi connectivity index (χ0n) is 22.4. The first-order valence-corrected chi connectivity index (χ1v) is 13.1. The quantitative estimate of drug-likeness (QED) is 0.241. The second-order valence-corrected chi connectivity index (χ2v) is 10.00. The molecule has 0 unspecified atom stereocenters. The van der Waals surface area contributed by atoms with Gasteiger partial charge in [-0.2, -0.15) is 0 Å². The minimum absolute atomic E-state index is 0.148. The van der Waals surface area contributed by atoms with E-state index in [-0.39, 0.29) is 24.6 Å². The normalized spacial score (nSPS) is 16.7. The van der Waals surface area contributed by atoms with Crippen LogP contribution in [0.3, 0.4) is 0 Å². The van der Waals surface area contributed by atoms with Crippen molar-refractivity contribution < 1.29 is 29.5 Å². The van der Waals surface area contributed by atoms with Crippen LogP contribution in [-0.4, -0.2) is 56.6 Å². The SMILES string of the molecule is Cc1c(COc2ccc(CN3CCC[C@H]3C(=O)N[C@H](C(=O)O)[C@@H](C)O)cc2[N+](=O)[O-])cccc1-c1ccccc1. The number of carbonyl (C=O) groups is 2. The molecule has 0 saturated carbocycles. The predicted octanol–water partition coefficient (Wildman–Crippen LogP) is 4.06. The standard InChI is InChI=1S/C30H33N3O7/c1-19-23(10-6-11-24(19)22-8-4-3-5-9-22)18-40-27-14-13-21(16-26(27)33(38)39)17-32-15-7-12-25(32)29(35)31-28(20(2)34)30(36)37/h3-6,8-11,13-14,16,20,25,28,34H,7,12,15,17-18H2,1-2H3,(H,31,35)(H,36,37)/t20-,25+,28+/m1/s1. The van der Waals surface area contributed by atoms with E-state index in [9.17, 15) is 29.9 Å². The van der Waals surface area contributed by atoms with Gasteiger partial charge in [-0.15, -0.1) is 0 Å². The lowest BCUT2D eigenvalue weighted by Gasteiger charge is -2.26. The molecule has 0 bridgehead atoms. The highest BCUT2D eigenvalue weighted by molar-refractivity contribution is 5.87. The van der Waals surface area contributed by atoms with Crippen molar-refractivity contribution in [2.75, 3.05) is 6.54 Å². The molecule has 1 aliphatic rings. The fourth-order valence-corrected chi connectivity index (χ4v) is 5.04. The highest BCUT2D eigenvalue weighted by atomic mass is 16.6. The number of carboxylic acid groups (broad SMARTS) is 1. The molecule has 0 aliphatic carbocycles. The Morgan fingerprint density at radius 3 is 2.58 bits per heavy atom. The van der Waals surface area contributed by atoms with E-state index in [2.05, 4.69) is 5.32 Å². The molecule has 3 aromatic rings. The fourth-order valence-electron chi connectivity index (χ4n) is 5.04. The number of nitrogens with one attached hydrogen (secondary N) is 1. The maximum atomic E-state index is 12.8. The first-order valence-electron chi connectivity index (χ1n) is 13.1. The van der Waals surface area contributed by atoms with Crippen molar-refractivity contribution in [3.05, 3.63) is 93.5 Å². The van der Waals surface area contributed by atoms with Gasteiger partial charge in [0.15, 0.2) is 11.8 Å². The zero-order chi connectivity index (χ0) is 28.8. The van der Waals surface area contributed by atoms with Gasteiger partial charge in [-0.1, -0.05) is 54.6 Å². The van der Waals surface area contributed by atoms with E-state index in [4.69, 9.17) is 4.74 Å². The van der Waals surface area contributed by atoms with E-state index in [0.29, 0.717) is 18.5 Å². The van der Waals surface area contributed by atoms with Crippen molar-refractivity contribution >= 4 is 17.6 Å². The molecule has 210 valence electrons. The van der Waals surface area contributed by atoms with Gasteiger partial charge in [0.05, 0.1) is 17.1 Å². The Balaban J connectivity index is 1.47. The summed E-state index contributed by atoms with van der Waals surface area (Å²) in [5.74, 6) is -1.66. The Bertz CT molecular complexity index is 1380. The van der Waals surface area contributed by atoms with Crippen LogP contribution < -0.4 is 10.1 Å². The van der Waals surface area contributed by atoms with E-state index in [0.717, 1.165) is 28.7 Å². The third-order valence-corrected chi connectivity index (χ3v) is 7.23. The number of aliphatic carboxylic acids is 1. The Morgan fingerprint density at radius 1 is 1.15 bits per heavy atom. The minimum atomic E-state index is -1.41. The molecule has 1 heterocycles. The lowest BCUT2D eigenvalue weighted by atomic mass is 9.97. The van der Waals surface area contributed by atoms with Crippen molar-refractivity contribution in [3.63, 3.8) is 0 Å². The molecule has 10 nitrogen and oxygen atoms in total. The number of aliphatic hydroxyl groups excluding tert-OH is 1. The monoisotopic (exact) mass is 547 g/mol. The Labute approximate surface area is 232 Å². The molecule has 1 aliphatic heterocycles. The first kappa shape index (κ1) is 28.7. The van der Waals surface area contributed by atoms with Crippen LogP contribution in [0.4, 0.5) is 5.69 Å². The van der Waals surface area contributed by atoms with Crippen molar-refractivity contribution in [3.8, 4) is 16.9 Å². The summed E-state index contributed by atoms with van der Waals surface area (Å²) in [7, 11) is 0. The molecule has 40 heavy (non-hydrogen) atoms. The number of likely N-dealkylation sites (tertiary alicyclic amines) is 1. The number of amides is 1. The summed E-state index contributed by atoms with van der Waals surface area (Å²) in [6.45, 7) is 4.31. The molecule has 1 fully saturated rings. The number of benzene rings is 3. The summed E-state index contributed by atoms with van der Waals surface area (Å²) >= 11 is 0. The van der Waals surface area contributed by atoms with Crippen LogP contribution in [-0.2, 0) is 22.7 Å². The third kappa shape index (κ3) is 6.64. The number of rotatable bonds is 11. The summed E-state index contributed by atoms with van der Waals surface area (Å²) in [4.78, 5) is 37.5. The van der Waals surface area contributed by atoms with Crippen molar-refractivity contribution in [2.45, 2.75) is 58.0 Å². The van der Waals surface area contributed by atoms with Crippen molar-refractivity contribution in [1.29, 1.82) is 0 Å². The van der Waals surface area contributed by atoms with Gasteiger partial charge in [0.2, 0.25) is 5.91 Å². The summed E-state index contributed by atoms with van der Waals surface area (Å²) in [5.41, 5.74) is 4.56. The summed E-state index contributed by atoms with van der Waals surface area (Å²) in [6.07, 6.45) is -0.0196. The molecule has 1 saturated heterocycles. The maximum absolute atomic E-state index is 12.8. The average molecular weight is 548 g/mol. The highest BCUT2D eigenvalue weighted by Crippen LogP contribution is 2.32. The lowest BCUT2D eigenvalue weighted by molar-refractivity contribution is -0.386. The number of hydrogen-bond donors (Lipinski definition) is 3. The third-order valence-electron chi connectivity index (χ3n) is 7.23. The molecular formula is C30H33N3O7. The number of hydrogen-bond acceptors (Lipinski definition) is 7. The van der Waals surface area contributed by atoms with Gasteiger partial charge in [0.1, 0.15) is 6.61 Å². The molecule has 0 spiro atoms. The number of nitro groups is 1. The van der Waals surface area contributed by atoms with E-state index < -0.39 is 35.0 Å². The fraction of sp³-hybridized carbons (Fsp3) is 0.333. The molecule has 3 atom stereocenters. The van der Waals surface area contributed by atoms with Gasteiger partial charge in [0, 0.05) is 12.6 Å². The Morgan fingerprint density at radius 2 is 1.90 bits per heavy atom. The number of carbonyl (C=O) groups excluding carboxylic acids is 1. The maximum Gasteiger partial charge on any atom is 0.328 e. The number of nitrogens with zero attached hydrogens (tertiary/aromatic N) is 2. The molecular weight excluding hydrogens is 514 g/mol. The molecule has 4 rings (SSSR count). The highest BCUT2D eigenvalue weighted by Gasteiger charge is 2.34. The Hall–Kier alpha value is -4.28. The predicted molar refractivity (Wildman–Crippen MR) is 149 cm³/mol. The van der Waals surface area contributed by atoms with Gasteiger partial charge in [-0.3, -0.25) is 19.8 Å². The first-order chi connectivity index (χ1) is 19.2. The largest absolute Gasteiger partial charge is 0.482 e. The molecule has 0 aromatic heterocycles. The second kappa shape index (κ2) is 12.7. The van der Waals surface area contributed by atoms with Crippen LogP contribution in [0.2, 0.25) is 0 Å². The molecule has 0 radical (unpaired) electrons. The average Bonchev–Trinajstić information content (AvgIpc) is 3.39. The van der Waals surface area contributed by atoms with Crippen molar-refractivity contribution in [2.24, 2.45) is 0 Å². The van der Waals surface area contributed by atoms with E-state index in [1.165, 1.54) is 13.0 Å². The van der Waals surface area contributed by atoms with Crippen LogP contribution in [0.5, 0.6) is 5.75 Å². The number of nitro benzene ring substituents is 1. The topological polar surface area (TPSA) is 142 Å². The van der Waals surface area contributed by atoms with Gasteiger partial charge >= 0.3 is 11.7 Å². The second-order valence-electron chi connectivity index (χ2n) is 10.00. The zero-order valence-corrected chi connectivity index (χ0v) is 22.4. The van der Waals surface area contributed by atoms with Crippen LogP contribution in [0.1, 0.15) is 36.5 Å². The molecule has 10 heteroatoms. The molecule has 1 amide bonds. The lowest BCUT2D eigenvalue weighted by Crippen LogP contribution is -2.53. The van der Waals surface area contributed by atoms with Crippen LogP contribution >= 0.6 is 0 Å². The van der Waals surface area contributed by atoms with Crippen LogP contribution in [0.15, 0.2) is 66.7 Å². The van der Waals surface area contributed by atoms with E-state index in [1.807, 2.05) is 60.4 Å². The van der Waals surface area contributed by atoms with Gasteiger partial charge in [0.25, 0.3) is 0 Å². The summed E-state index contributed by atoms with van der Waals surface area (Å²) in [5, 5.41) is 33.3. The molecule has 3 N–H and O–H groups in total. The summed E-state index contributed by atoms with van der Waals surface area (Å²) < 4.78 is 5.93. The van der Waals surface area contributed by atoms with E-state index in [1.54, 1.807) is 12.1 Å². The minimum Gasteiger partial charge on any atom is -0.482 e. The van der Waals surface area contributed by atoms with Gasteiger partial charge in [-0.05, 0) is 67.1 Å². The number of ether oxygens (including phenoxy) is 1. The smallest absolute Gasteiger partial charge is 0.328 e. The van der Waals surface area contributed by atoms with Crippen LogP contribution in [0, 0.1) is 17.0 Å². The summed E-state index contributed by atoms with van der Waals surface area (Å²) in [6, 6.07) is 18.6. The van der Waals surface area contributed by atoms with Gasteiger partial charge < -0.3 is 20.3 Å². The number of carboxylic acids is 1. The Kier molecular flexibility index (Phi) is 9.13. The molecule has 3 aromatic carbocycles. The van der Waals surface area contributed by atoms with Crippen molar-refractivity contribution in [1.82, 2.24) is 10.2 Å². The number of aliphatic hydroxyl groups is 1.